The van der Waals surface area contributed by atoms with Crippen LogP contribution < -0.4 is 0 Å². The molecule has 1 aromatic rings. The lowest BCUT2D eigenvalue weighted by molar-refractivity contribution is -0.137. The van der Waals surface area contributed by atoms with Gasteiger partial charge in [-0.1, -0.05) is 17.7 Å². The van der Waals surface area contributed by atoms with Crippen molar-refractivity contribution in [1.29, 1.82) is 0 Å². The van der Waals surface area contributed by atoms with Crippen LogP contribution in [0.25, 0.3) is 0 Å². The number of likely N-dealkylation sites (N-methyl/N-ethyl adjacent to an activating group) is 1. The van der Waals surface area contributed by atoms with Crippen LogP contribution in [0.15, 0.2) is 18.2 Å². The minimum Gasteiger partial charge on any atom is -0.305 e. The zero-order valence-electron chi connectivity index (χ0n) is 9.89. The van der Waals surface area contributed by atoms with Crippen molar-refractivity contribution in [2.24, 2.45) is 5.92 Å². The monoisotopic (exact) mass is 275 g/mol. The number of likely N-dealkylation sites (tertiary alicyclic amines) is 1. The average molecular weight is 276 g/mol. The summed E-state index contributed by atoms with van der Waals surface area (Å²) in [6.45, 7) is 1.82. The normalized spacial score (nSPS) is 31.5. The number of fused-ring (bicyclic) bond motifs is 1. The molecule has 18 heavy (non-hydrogen) atoms. The number of hydrogen-bond donors (Lipinski definition) is 0. The second kappa shape index (κ2) is 3.64. The molecule has 3 rings (SSSR count). The Labute approximate surface area is 109 Å². The maximum atomic E-state index is 12.8. The molecule has 2 atom stereocenters. The Kier molecular flexibility index (Phi) is 2.49. The summed E-state index contributed by atoms with van der Waals surface area (Å²) < 4.78 is 38.5. The first kappa shape index (κ1) is 12.3. The average Bonchev–Trinajstić information content (AvgIpc) is 2.81. The standard InChI is InChI=1S/C13H13ClF3N/c1-18-6-9-5-12(9,7-18)8-2-3-11(14)10(4-8)13(15,16)17/h2-4,9H,5-7H2,1H3. The summed E-state index contributed by atoms with van der Waals surface area (Å²) in [7, 11) is 2.01. The third kappa shape index (κ3) is 1.74. The largest absolute Gasteiger partial charge is 0.417 e. The van der Waals surface area contributed by atoms with E-state index in [9.17, 15) is 13.2 Å². The minimum atomic E-state index is -4.38. The van der Waals surface area contributed by atoms with Crippen LogP contribution in [-0.2, 0) is 11.6 Å². The lowest BCUT2D eigenvalue weighted by atomic mass is 9.93. The summed E-state index contributed by atoms with van der Waals surface area (Å²) >= 11 is 5.64. The van der Waals surface area contributed by atoms with Gasteiger partial charge in [0.2, 0.25) is 0 Å². The van der Waals surface area contributed by atoms with Crippen LogP contribution >= 0.6 is 11.6 Å². The van der Waals surface area contributed by atoms with Crippen LogP contribution in [0.5, 0.6) is 0 Å². The first-order valence-corrected chi connectivity index (χ1v) is 6.26. The van der Waals surface area contributed by atoms with Crippen molar-refractivity contribution in [3.63, 3.8) is 0 Å². The summed E-state index contributed by atoms with van der Waals surface area (Å²) in [6, 6.07) is 4.36. The quantitative estimate of drug-likeness (QED) is 0.757. The molecule has 1 aliphatic heterocycles. The second-order valence-electron chi connectivity index (χ2n) is 5.45. The molecule has 1 aromatic carbocycles. The first-order chi connectivity index (χ1) is 8.33. The van der Waals surface area contributed by atoms with Gasteiger partial charge >= 0.3 is 6.18 Å². The fourth-order valence-electron chi connectivity index (χ4n) is 3.23. The van der Waals surface area contributed by atoms with Crippen molar-refractivity contribution in [1.82, 2.24) is 4.90 Å². The molecule has 0 N–H and O–H groups in total. The fraction of sp³-hybridized carbons (Fsp3) is 0.538. The molecular formula is C13H13ClF3N. The van der Waals surface area contributed by atoms with Gasteiger partial charge in [-0.3, -0.25) is 0 Å². The number of rotatable bonds is 1. The lowest BCUT2D eigenvalue weighted by Gasteiger charge is -2.18. The molecule has 1 heterocycles. The molecule has 0 amide bonds. The maximum absolute atomic E-state index is 12.8. The maximum Gasteiger partial charge on any atom is 0.417 e. The molecule has 1 saturated heterocycles. The highest BCUT2D eigenvalue weighted by Crippen LogP contribution is 2.59. The zero-order valence-corrected chi connectivity index (χ0v) is 10.6. The summed E-state index contributed by atoms with van der Waals surface area (Å²) in [5, 5.41) is -0.216. The van der Waals surface area contributed by atoms with E-state index in [4.69, 9.17) is 11.6 Å². The van der Waals surface area contributed by atoms with Crippen LogP contribution in [0.2, 0.25) is 5.02 Å². The van der Waals surface area contributed by atoms with Crippen molar-refractivity contribution < 1.29 is 13.2 Å². The van der Waals surface area contributed by atoms with Crippen molar-refractivity contribution in [2.45, 2.75) is 18.0 Å². The molecule has 0 spiro atoms. The van der Waals surface area contributed by atoms with Crippen LogP contribution in [0.3, 0.4) is 0 Å². The third-order valence-corrected chi connectivity index (χ3v) is 4.49. The molecule has 98 valence electrons. The molecule has 0 aromatic heterocycles. The van der Waals surface area contributed by atoms with E-state index >= 15 is 0 Å². The van der Waals surface area contributed by atoms with Gasteiger partial charge in [-0.15, -0.1) is 0 Å². The van der Waals surface area contributed by atoms with Gasteiger partial charge in [-0.2, -0.15) is 13.2 Å². The van der Waals surface area contributed by atoms with E-state index in [1.807, 2.05) is 7.05 Å². The van der Waals surface area contributed by atoms with Crippen LogP contribution in [0, 0.1) is 5.92 Å². The van der Waals surface area contributed by atoms with Gasteiger partial charge in [0.25, 0.3) is 0 Å². The third-order valence-electron chi connectivity index (χ3n) is 4.16. The van der Waals surface area contributed by atoms with E-state index < -0.39 is 11.7 Å². The van der Waals surface area contributed by atoms with Crippen LogP contribution in [-0.4, -0.2) is 25.0 Å². The van der Waals surface area contributed by atoms with Gasteiger partial charge in [-0.05, 0) is 37.1 Å². The van der Waals surface area contributed by atoms with E-state index in [0.717, 1.165) is 25.1 Å². The Morgan fingerprint density at radius 2 is 2.11 bits per heavy atom. The number of benzene rings is 1. The highest BCUT2D eigenvalue weighted by molar-refractivity contribution is 6.31. The Bertz CT molecular complexity index is 499. The van der Waals surface area contributed by atoms with E-state index in [1.165, 1.54) is 12.1 Å². The number of halogens is 4. The van der Waals surface area contributed by atoms with Gasteiger partial charge in [0.1, 0.15) is 0 Å². The smallest absolute Gasteiger partial charge is 0.305 e. The van der Waals surface area contributed by atoms with E-state index in [0.29, 0.717) is 5.92 Å². The molecule has 1 aliphatic carbocycles. The molecule has 5 heteroatoms. The number of hydrogen-bond acceptors (Lipinski definition) is 1. The first-order valence-electron chi connectivity index (χ1n) is 5.89. The molecule has 0 radical (unpaired) electrons. The second-order valence-corrected chi connectivity index (χ2v) is 5.85. The molecule has 0 bridgehead atoms. The molecule has 2 fully saturated rings. The number of alkyl halides is 3. The summed E-state index contributed by atoms with van der Waals surface area (Å²) in [4.78, 5) is 2.18. The summed E-state index contributed by atoms with van der Waals surface area (Å²) in [5.41, 5.74) is 0.0177. The van der Waals surface area contributed by atoms with Gasteiger partial charge in [0, 0.05) is 18.5 Å². The zero-order chi connectivity index (χ0) is 13.1. The van der Waals surface area contributed by atoms with Gasteiger partial charge < -0.3 is 4.90 Å². The van der Waals surface area contributed by atoms with Crippen molar-refractivity contribution in [3.8, 4) is 0 Å². The molecule has 1 nitrogen and oxygen atoms in total. The molecule has 1 saturated carbocycles. The topological polar surface area (TPSA) is 3.24 Å². The Morgan fingerprint density at radius 3 is 2.67 bits per heavy atom. The minimum absolute atomic E-state index is 0.0562. The lowest BCUT2D eigenvalue weighted by Crippen LogP contribution is -2.22. The van der Waals surface area contributed by atoms with Crippen molar-refractivity contribution >= 4 is 11.6 Å². The van der Waals surface area contributed by atoms with Crippen LogP contribution in [0.1, 0.15) is 17.5 Å². The summed E-state index contributed by atoms with van der Waals surface area (Å²) in [5.74, 6) is 0.504. The molecule has 2 unspecified atom stereocenters. The Balaban J connectivity index is 2.00. The SMILES string of the molecule is CN1CC2CC2(c2ccc(Cl)c(C(F)(F)F)c2)C1. The van der Waals surface area contributed by atoms with Crippen molar-refractivity contribution in [2.75, 3.05) is 20.1 Å². The highest BCUT2D eigenvalue weighted by Gasteiger charge is 2.60. The highest BCUT2D eigenvalue weighted by atomic mass is 35.5. The predicted octanol–water partition coefficient (Wildman–Crippen LogP) is 3.56. The van der Waals surface area contributed by atoms with Gasteiger partial charge in [0.15, 0.2) is 0 Å². The molecule has 2 aliphatic rings. The van der Waals surface area contributed by atoms with E-state index in [-0.39, 0.29) is 10.4 Å². The number of piperidine rings is 1. The molecular weight excluding hydrogens is 263 g/mol. The fourth-order valence-corrected chi connectivity index (χ4v) is 3.46. The Morgan fingerprint density at radius 1 is 1.39 bits per heavy atom. The predicted molar refractivity (Wildman–Crippen MR) is 63.7 cm³/mol. The van der Waals surface area contributed by atoms with Crippen LogP contribution in [0.4, 0.5) is 13.2 Å². The van der Waals surface area contributed by atoms with Gasteiger partial charge in [-0.25, -0.2) is 0 Å². The van der Waals surface area contributed by atoms with E-state index in [2.05, 4.69) is 4.90 Å². The van der Waals surface area contributed by atoms with E-state index in [1.54, 1.807) is 6.07 Å². The number of nitrogens with zero attached hydrogens (tertiary/aromatic N) is 1. The summed E-state index contributed by atoms with van der Waals surface area (Å²) in [6.07, 6.45) is -3.38. The van der Waals surface area contributed by atoms with Gasteiger partial charge in [0.05, 0.1) is 10.6 Å². The Hall–Kier alpha value is -0.740. The van der Waals surface area contributed by atoms with Crippen molar-refractivity contribution in [3.05, 3.63) is 34.3 Å².